The van der Waals surface area contributed by atoms with Crippen molar-refractivity contribution >= 4 is 11.6 Å². The Morgan fingerprint density at radius 1 is 1.12 bits per heavy atom. The van der Waals surface area contributed by atoms with Gasteiger partial charge in [-0.25, -0.2) is 4.98 Å². The minimum atomic E-state index is 0.148. The number of nitrogens with one attached hydrogen (secondary N) is 1. The molecular formula is C18H20N3O3+. The standard InChI is InChI=1S/C18H19N3O3/c22-15(14-4-5-16-17(11-14)24-13-23-16)12-20-7-9-21(10-8-20)18-3-1-2-6-19-18/h1-6,11H,7-10,12-13H2/p+1. The van der Waals surface area contributed by atoms with Crippen molar-refractivity contribution in [3.63, 3.8) is 0 Å². The summed E-state index contributed by atoms with van der Waals surface area (Å²) in [7, 11) is 0. The van der Waals surface area contributed by atoms with E-state index in [2.05, 4.69) is 9.88 Å². The Morgan fingerprint density at radius 3 is 2.75 bits per heavy atom. The number of ether oxygens (including phenoxy) is 2. The number of benzene rings is 1. The maximum Gasteiger partial charge on any atom is 0.231 e. The van der Waals surface area contributed by atoms with E-state index < -0.39 is 0 Å². The highest BCUT2D eigenvalue weighted by atomic mass is 16.7. The van der Waals surface area contributed by atoms with Crippen molar-refractivity contribution in [2.24, 2.45) is 0 Å². The van der Waals surface area contributed by atoms with Crippen LogP contribution in [0.1, 0.15) is 10.4 Å². The molecule has 1 aromatic carbocycles. The number of hydrogen-bond donors (Lipinski definition) is 1. The fraction of sp³-hybridized carbons (Fsp3) is 0.333. The fourth-order valence-corrected chi connectivity index (χ4v) is 3.17. The molecular weight excluding hydrogens is 306 g/mol. The predicted octanol–water partition coefficient (Wildman–Crippen LogP) is 0.398. The molecule has 0 spiro atoms. The molecule has 1 fully saturated rings. The van der Waals surface area contributed by atoms with Crippen LogP contribution in [0.4, 0.5) is 5.82 Å². The van der Waals surface area contributed by atoms with Crippen LogP contribution in [0.2, 0.25) is 0 Å². The number of fused-ring (bicyclic) bond motifs is 1. The van der Waals surface area contributed by atoms with E-state index in [1.807, 2.05) is 36.5 Å². The van der Waals surface area contributed by atoms with Gasteiger partial charge in [0.05, 0.1) is 26.2 Å². The van der Waals surface area contributed by atoms with E-state index in [1.54, 1.807) is 6.07 Å². The minimum absolute atomic E-state index is 0.148. The molecule has 1 aromatic heterocycles. The molecule has 4 rings (SSSR count). The first kappa shape index (κ1) is 15.0. The van der Waals surface area contributed by atoms with Gasteiger partial charge < -0.3 is 19.3 Å². The van der Waals surface area contributed by atoms with Gasteiger partial charge in [0.1, 0.15) is 12.4 Å². The van der Waals surface area contributed by atoms with Crippen molar-refractivity contribution in [2.45, 2.75) is 0 Å². The predicted molar refractivity (Wildman–Crippen MR) is 88.9 cm³/mol. The number of anilines is 1. The second kappa shape index (κ2) is 6.49. The van der Waals surface area contributed by atoms with Crippen molar-refractivity contribution in [1.29, 1.82) is 0 Å². The summed E-state index contributed by atoms with van der Waals surface area (Å²) in [5.41, 5.74) is 0.693. The molecule has 2 aliphatic heterocycles. The number of Topliss-reactive ketones (excluding diaryl/α,β-unsaturated/α-hetero) is 1. The third-order valence-corrected chi connectivity index (χ3v) is 4.55. The van der Waals surface area contributed by atoms with E-state index >= 15 is 0 Å². The number of hydrogen-bond acceptors (Lipinski definition) is 5. The van der Waals surface area contributed by atoms with Crippen LogP contribution < -0.4 is 19.3 Å². The van der Waals surface area contributed by atoms with Crippen LogP contribution in [0.25, 0.3) is 0 Å². The van der Waals surface area contributed by atoms with Crippen molar-refractivity contribution < 1.29 is 19.2 Å². The number of ketones is 1. The lowest BCUT2D eigenvalue weighted by molar-refractivity contribution is -0.892. The Morgan fingerprint density at radius 2 is 1.96 bits per heavy atom. The summed E-state index contributed by atoms with van der Waals surface area (Å²) >= 11 is 0. The van der Waals surface area contributed by atoms with Crippen LogP contribution in [0, 0.1) is 0 Å². The zero-order valence-electron chi connectivity index (χ0n) is 13.4. The second-order valence-corrected chi connectivity index (χ2v) is 6.09. The van der Waals surface area contributed by atoms with E-state index in [-0.39, 0.29) is 12.6 Å². The van der Waals surface area contributed by atoms with Gasteiger partial charge in [-0.05, 0) is 30.3 Å². The van der Waals surface area contributed by atoms with Crippen molar-refractivity contribution in [3.8, 4) is 11.5 Å². The Bertz CT molecular complexity index is 728. The van der Waals surface area contributed by atoms with E-state index in [0.29, 0.717) is 23.6 Å². The number of piperazine rings is 1. The van der Waals surface area contributed by atoms with Gasteiger partial charge in [0.15, 0.2) is 11.5 Å². The Labute approximate surface area is 140 Å². The Kier molecular flexibility index (Phi) is 4.04. The summed E-state index contributed by atoms with van der Waals surface area (Å²) in [5.74, 6) is 2.53. The number of nitrogens with zero attached hydrogens (tertiary/aromatic N) is 2. The topological polar surface area (TPSA) is 56.1 Å². The summed E-state index contributed by atoms with van der Waals surface area (Å²) < 4.78 is 10.6. The summed E-state index contributed by atoms with van der Waals surface area (Å²) in [6.45, 7) is 4.45. The molecule has 0 bridgehead atoms. The van der Waals surface area contributed by atoms with E-state index in [4.69, 9.17) is 9.47 Å². The molecule has 0 atom stereocenters. The van der Waals surface area contributed by atoms with Crippen molar-refractivity contribution in [1.82, 2.24) is 4.98 Å². The summed E-state index contributed by atoms with van der Waals surface area (Å²) in [4.78, 5) is 20.5. The van der Waals surface area contributed by atoms with Crippen LogP contribution in [0.15, 0.2) is 42.6 Å². The fourth-order valence-electron chi connectivity index (χ4n) is 3.17. The molecule has 0 amide bonds. The molecule has 124 valence electrons. The number of carbonyl (C=O) groups excluding carboxylic acids is 1. The molecule has 2 aromatic rings. The Hall–Kier alpha value is -2.60. The monoisotopic (exact) mass is 326 g/mol. The first-order chi connectivity index (χ1) is 11.8. The maximum absolute atomic E-state index is 12.5. The number of rotatable bonds is 4. The van der Waals surface area contributed by atoms with Gasteiger partial charge in [-0.1, -0.05) is 6.07 Å². The van der Waals surface area contributed by atoms with E-state index in [0.717, 1.165) is 32.0 Å². The van der Waals surface area contributed by atoms with Crippen LogP contribution in [-0.2, 0) is 0 Å². The van der Waals surface area contributed by atoms with Gasteiger partial charge in [0.25, 0.3) is 0 Å². The van der Waals surface area contributed by atoms with Gasteiger partial charge in [0.2, 0.25) is 12.6 Å². The molecule has 0 unspecified atom stereocenters. The molecule has 6 heteroatoms. The van der Waals surface area contributed by atoms with E-state index in [9.17, 15) is 4.79 Å². The summed E-state index contributed by atoms with van der Waals surface area (Å²) in [5, 5.41) is 0. The molecule has 1 saturated heterocycles. The van der Waals surface area contributed by atoms with Crippen molar-refractivity contribution in [3.05, 3.63) is 48.2 Å². The number of quaternary nitrogens is 1. The van der Waals surface area contributed by atoms with Gasteiger partial charge in [-0.3, -0.25) is 4.79 Å². The largest absolute Gasteiger partial charge is 0.454 e. The number of pyridine rings is 1. The zero-order valence-corrected chi connectivity index (χ0v) is 13.4. The van der Waals surface area contributed by atoms with Gasteiger partial charge >= 0.3 is 0 Å². The van der Waals surface area contributed by atoms with Crippen molar-refractivity contribution in [2.75, 3.05) is 44.4 Å². The van der Waals surface area contributed by atoms with Gasteiger partial charge in [-0.2, -0.15) is 0 Å². The summed E-state index contributed by atoms with van der Waals surface area (Å²) in [6, 6.07) is 11.4. The van der Waals surface area contributed by atoms with E-state index in [1.165, 1.54) is 4.90 Å². The smallest absolute Gasteiger partial charge is 0.231 e. The lowest BCUT2D eigenvalue weighted by atomic mass is 10.1. The minimum Gasteiger partial charge on any atom is -0.454 e. The average Bonchev–Trinajstić information content (AvgIpc) is 3.11. The SMILES string of the molecule is O=C(C[NH+]1CCN(c2ccccn2)CC1)c1ccc2c(c1)OCO2. The van der Waals surface area contributed by atoms with Crippen LogP contribution >= 0.6 is 0 Å². The third kappa shape index (κ3) is 3.05. The molecule has 1 N–H and O–H groups in total. The molecule has 0 saturated carbocycles. The van der Waals surface area contributed by atoms with Gasteiger partial charge in [-0.15, -0.1) is 0 Å². The molecule has 2 aliphatic rings. The summed E-state index contributed by atoms with van der Waals surface area (Å²) in [6.07, 6.45) is 1.82. The van der Waals surface area contributed by atoms with Gasteiger partial charge in [0, 0.05) is 11.8 Å². The molecule has 24 heavy (non-hydrogen) atoms. The normalized spacial score (nSPS) is 17.1. The number of carbonyl (C=O) groups is 1. The highest BCUT2D eigenvalue weighted by Crippen LogP contribution is 2.32. The maximum atomic E-state index is 12.5. The van der Waals surface area contributed by atoms with Crippen LogP contribution in [0.3, 0.4) is 0 Å². The van der Waals surface area contributed by atoms with Crippen LogP contribution in [-0.4, -0.2) is 50.3 Å². The highest BCUT2D eigenvalue weighted by Gasteiger charge is 2.24. The lowest BCUT2D eigenvalue weighted by Crippen LogP contribution is -3.15. The third-order valence-electron chi connectivity index (χ3n) is 4.55. The molecule has 3 heterocycles. The Balaban J connectivity index is 1.34. The number of aromatic nitrogens is 1. The molecule has 0 radical (unpaired) electrons. The molecule has 6 nitrogen and oxygen atoms in total. The van der Waals surface area contributed by atoms with Crippen LogP contribution in [0.5, 0.6) is 11.5 Å². The highest BCUT2D eigenvalue weighted by molar-refractivity contribution is 5.97. The quantitative estimate of drug-likeness (QED) is 0.824. The second-order valence-electron chi connectivity index (χ2n) is 6.09. The average molecular weight is 326 g/mol. The lowest BCUT2D eigenvalue weighted by Gasteiger charge is -2.32. The first-order valence-corrected chi connectivity index (χ1v) is 8.22. The zero-order chi connectivity index (χ0) is 16.4. The first-order valence-electron chi connectivity index (χ1n) is 8.22. The molecule has 0 aliphatic carbocycles.